The Morgan fingerprint density at radius 1 is 1.10 bits per heavy atom. The number of carbonyl (C=O) groups is 1. The van der Waals surface area contributed by atoms with Crippen molar-refractivity contribution in [3.8, 4) is 17.1 Å². The number of aromatic amines is 1. The minimum absolute atomic E-state index is 0.0786. The van der Waals surface area contributed by atoms with Crippen LogP contribution in [0.15, 0.2) is 29.1 Å². The van der Waals surface area contributed by atoms with Crippen LogP contribution in [-0.2, 0) is 16.0 Å². The van der Waals surface area contributed by atoms with Gasteiger partial charge in [-0.1, -0.05) is 0 Å². The molecule has 1 saturated heterocycles. The summed E-state index contributed by atoms with van der Waals surface area (Å²) >= 11 is 0. The van der Waals surface area contributed by atoms with Gasteiger partial charge >= 0.3 is 0 Å². The number of benzene rings is 1. The predicted octanol–water partition coefficient (Wildman–Crippen LogP) is 2.19. The second kappa shape index (κ2) is 10.7. The number of hydrogen-bond donors (Lipinski definition) is 1. The number of aromatic nitrogens is 3. The Labute approximate surface area is 170 Å². The van der Waals surface area contributed by atoms with Crippen molar-refractivity contribution in [2.24, 2.45) is 0 Å². The molecule has 1 amide bonds. The SMILES string of the molecule is CCOCCOc1ccc(-c2nnc(CCC(=O)N3CCCCC3)c(=O)[nH]2)cc1. The lowest BCUT2D eigenvalue weighted by atomic mass is 10.1. The van der Waals surface area contributed by atoms with Crippen LogP contribution in [0.4, 0.5) is 0 Å². The molecule has 0 unspecified atom stereocenters. The van der Waals surface area contributed by atoms with Gasteiger partial charge in [-0.15, -0.1) is 10.2 Å². The molecule has 3 rings (SSSR count). The fourth-order valence-corrected chi connectivity index (χ4v) is 3.25. The number of rotatable bonds is 9. The smallest absolute Gasteiger partial charge is 0.273 e. The number of hydrogen-bond acceptors (Lipinski definition) is 6. The maximum atomic E-state index is 12.4. The molecule has 1 fully saturated rings. The van der Waals surface area contributed by atoms with E-state index in [9.17, 15) is 9.59 Å². The molecule has 2 heterocycles. The molecular formula is C21H28N4O4. The van der Waals surface area contributed by atoms with E-state index < -0.39 is 0 Å². The summed E-state index contributed by atoms with van der Waals surface area (Å²) in [5, 5.41) is 8.18. The lowest BCUT2D eigenvalue weighted by Gasteiger charge is -2.26. The van der Waals surface area contributed by atoms with E-state index in [0.29, 0.717) is 32.1 Å². The van der Waals surface area contributed by atoms with E-state index in [-0.39, 0.29) is 23.6 Å². The summed E-state index contributed by atoms with van der Waals surface area (Å²) in [5.41, 5.74) is 0.719. The average molecular weight is 400 g/mol. The van der Waals surface area contributed by atoms with Gasteiger partial charge in [0.2, 0.25) is 5.91 Å². The van der Waals surface area contributed by atoms with Crippen LogP contribution in [0.5, 0.6) is 5.75 Å². The van der Waals surface area contributed by atoms with Gasteiger partial charge in [0.05, 0.1) is 6.61 Å². The first-order valence-electron chi connectivity index (χ1n) is 10.2. The molecule has 156 valence electrons. The maximum Gasteiger partial charge on any atom is 0.273 e. The normalized spacial score (nSPS) is 14.0. The number of nitrogens with zero attached hydrogens (tertiary/aromatic N) is 3. The van der Waals surface area contributed by atoms with Gasteiger partial charge in [-0.25, -0.2) is 0 Å². The first-order chi connectivity index (χ1) is 14.2. The highest BCUT2D eigenvalue weighted by atomic mass is 16.5. The van der Waals surface area contributed by atoms with Gasteiger partial charge in [0.1, 0.15) is 18.1 Å². The minimum atomic E-state index is -0.307. The summed E-state index contributed by atoms with van der Waals surface area (Å²) in [6, 6.07) is 7.25. The molecular weight excluding hydrogens is 372 g/mol. The van der Waals surface area contributed by atoms with Crippen molar-refractivity contribution in [1.82, 2.24) is 20.1 Å². The Morgan fingerprint density at radius 3 is 2.55 bits per heavy atom. The van der Waals surface area contributed by atoms with Gasteiger partial charge in [-0.2, -0.15) is 0 Å². The van der Waals surface area contributed by atoms with Crippen molar-refractivity contribution in [2.75, 3.05) is 32.9 Å². The number of likely N-dealkylation sites (tertiary alicyclic amines) is 1. The van der Waals surface area contributed by atoms with E-state index in [2.05, 4.69) is 15.2 Å². The topological polar surface area (TPSA) is 97.4 Å². The summed E-state index contributed by atoms with van der Waals surface area (Å²) in [6.45, 7) is 5.24. The Morgan fingerprint density at radius 2 is 1.86 bits per heavy atom. The number of H-pyrrole nitrogens is 1. The fourth-order valence-electron chi connectivity index (χ4n) is 3.25. The van der Waals surface area contributed by atoms with Crippen LogP contribution in [-0.4, -0.2) is 58.9 Å². The van der Waals surface area contributed by atoms with Crippen LogP contribution >= 0.6 is 0 Å². The van der Waals surface area contributed by atoms with Crippen LogP contribution in [0, 0.1) is 0 Å². The molecule has 0 bridgehead atoms. The largest absolute Gasteiger partial charge is 0.491 e. The molecule has 8 heteroatoms. The van der Waals surface area contributed by atoms with E-state index in [1.807, 2.05) is 36.1 Å². The van der Waals surface area contributed by atoms with Gasteiger partial charge in [0.15, 0.2) is 5.82 Å². The van der Waals surface area contributed by atoms with Crippen molar-refractivity contribution in [3.63, 3.8) is 0 Å². The van der Waals surface area contributed by atoms with E-state index in [1.165, 1.54) is 6.42 Å². The molecule has 0 spiro atoms. The number of amides is 1. The number of aryl methyl sites for hydroxylation is 1. The van der Waals surface area contributed by atoms with Gasteiger partial charge in [0, 0.05) is 38.1 Å². The molecule has 1 aromatic heterocycles. The number of piperidine rings is 1. The molecule has 1 aromatic carbocycles. The number of ether oxygens (including phenoxy) is 2. The summed E-state index contributed by atoms with van der Waals surface area (Å²) in [5.74, 6) is 1.19. The van der Waals surface area contributed by atoms with E-state index >= 15 is 0 Å². The van der Waals surface area contributed by atoms with Crippen molar-refractivity contribution in [2.45, 2.75) is 39.0 Å². The quantitative estimate of drug-likeness (QED) is 0.648. The molecule has 1 aliphatic heterocycles. The van der Waals surface area contributed by atoms with Gasteiger partial charge in [0.25, 0.3) is 5.56 Å². The summed E-state index contributed by atoms with van der Waals surface area (Å²) in [4.78, 5) is 29.2. The first kappa shape index (κ1) is 21.0. The zero-order valence-electron chi connectivity index (χ0n) is 16.9. The monoisotopic (exact) mass is 400 g/mol. The highest BCUT2D eigenvalue weighted by molar-refractivity contribution is 5.76. The van der Waals surface area contributed by atoms with Crippen molar-refractivity contribution < 1.29 is 14.3 Å². The Hall–Kier alpha value is -2.74. The Balaban J connectivity index is 1.56. The summed E-state index contributed by atoms with van der Waals surface area (Å²) < 4.78 is 10.8. The second-order valence-electron chi connectivity index (χ2n) is 6.96. The summed E-state index contributed by atoms with van der Waals surface area (Å²) in [7, 11) is 0. The molecule has 2 aromatic rings. The number of carbonyl (C=O) groups excluding carboxylic acids is 1. The molecule has 0 saturated carbocycles. The highest BCUT2D eigenvalue weighted by Gasteiger charge is 2.17. The van der Waals surface area contributed by atoms with Crippen molar-refractivity contribution in [3.05, 3.63) is 40.3 Å². The zero-order chi connectivity index (χ0) is 20.5. The minimum Gasteiger partial charge on any atom is -0.491 e. The third kappa shape index (κ3) is 6.12. The van der Waals surface area contributed by atoms with Crippen LogP contribution in [0.25, 0.3) is 11.4 Å². The fraction of sp³-hybridized carbons (Fsp3) is 0.524. The third-order valence-corrected chi connectivity index (χ3v) is 4.88. The second-order valence-corrected chi connectivity index (χ2v) is 6.96. The van der Waals surface area contributed by atoms with Crippen LogP contribution in [0.1, 0.15) is 38.3 Å². The van der Waals surface area contributed by atoms with Gasteiger partial charge in [-0.3, -0.25) is 9.59 Å². The van der Waals surface area contributed by atoms with E-state index in [1.54, 1.807) is 0 Å². The third-order valence-electron chi connectivity index (χ3n) is 4.88. The van der Waals surface area contributed by atoms with E-state index in [0.717, 1.165) is 37.2 Å². The van der Waals surface area contributed by atoms with Crippen LogP contribution < -0.4 is 10.3 Å². The molecule has 8 nitrogen and oxygen atoms in total. The molecule has 1 N–H and O–H groups in total. The van der Waals surface area contributed by atoms with Crippen LogP contribution in [0.2, 0.25) is 0 Å². The van der Waals surface area contributed by atoms with Gasteiger partial charge in [-0.05, 0) is 50.5 Å². The molecule has 0 aliphatic carbocycles. The molecule has 0 radical (unpaired) electrons. The molecule has 1 aliphatic rings. The lowest BCUT2D eigenvalue weighted by Crippen LogP contribution is -2.36. The van der Waals surface area contributed by atoms with Crippen molar-refractivity contribution >= 4 is 5.91 Å². The highest BCUT2D eigenvalue weighted by Crippen LogP contribution is 2.18. The summed E-state index contributed by atoms with van der Waals surface area (Å²) in [6.07, 6.45) is 3.86. The molecule has 29 heavy (non-hydrogen) atoms. The zero-order valence-corrected chi connectivity index (χ0v) is 16.9. The van der Waals surface area contributed by atoms with Crippen molar-refractivity contribution in [1.29, 1.82) is 0 Å². The Bertz CT molecular complexity index is 845. The van der Waals surface area contributed by atoms with Gasteiger partial charge < -0.3 is 19.4 Å². The Kier molecular flexibility index (Phi) is 7.75. The predicted molar refractivity (Wildman–Crippen MR) is 109 cm³/mol. The number of nitrogens with one attached hydrogen (secondary N) is 1. The molecule has 0 atom stereocenters. The lowest BCUT2D eigenvalue weighted by molar-refractivity contribution is -0.132. The standard InChI is InChI=1S/C21H28N4O4/c1-2-28-14-15-29-17-8-6-16(7-9-17)20-22-21(27)18(23-24-20)10-11-19(26)25-12-4-3-5-13-25/h6-9H,2-5,10-15H2,1H3,(H,22,24,27). The van der Waals surface area contributed by atoms with E-state index in [4.69, 9.17) is 9.47 Å². The maximum absolute atomic E-state index is 12.4. The average Bonchev–Trinajstić information content (AvgIpc) is 2.77. The van der Waals surface area contributed by atoms with Crippen LogP contribution in [0.3, 0.4) is 0 Å². The first-order valence-corrected chi connectivity index (χ1v) is 10.2.